The quantitative estimate of drug-likeness (QED) is 0.407. The van der Waals surface area contributed by atoms with Gasteiger partial charge in [-0.25, -0.2) is 4.79 Å². The van der Waals surface area contributed by atoms with E-state index in [9.17, 15) is 19.7 Å². The average molecular weight is 310 g/mol. The molecule has 0 aliphatic heterocycles. The van der Waals surface area contributed by atoms with Gasteiger partial charge in [0.2, 0.25) is 5.91 Å². The molecule has 0 aromatic heterocycles. The summed E-state index contributed by atoms with van der Waals surface area (Å²) in [6, 6.07) is 5.07. The maximum atomic E-state index is 11.6. The van der Waals surface area contributed by atoms with E-state index in [0.717, 1.165) is 0 Å². The lowest BCUT2D eigenvalue weighted by molar-refractivity contribution is -0.385. The van der Waals surface area contributed by atoms with E-state index in [1.807, 2.05) is 0 Å². The van der Waals surface area contributed by atoms with Crippen molar-refractivity contribution in [2.75, 3.05) is 6.61 Å². The molecule has 1 atom stereocenters. The van der Waals surface area contributed by atoms with Gasteiger partial charge in [0.15, 0.2) is 5.75 Å². The smallest absolute Gasteiger partial charge is 0.326 e. The van der Waals surface area contributed by atoms with Crippen LogP contribution in [0.4, 0.5) is 5.69 Å². The van der Waals surface area contributed by atoms with Gasteiger partial charge in [-0.15, -0.1) is 0 Å². The van der Waals surface area contributed by atoms with Crippen molar-refractivity contribution in [3.63, 3.8) is 0 Å². The topological polar surface area (TPSA) is 119 Å². The summed E-state index contributed by atoms with van der Waals surface area (Å²) in [7, 11) is 0. The van der Waals surface area contributed by atoms with Crippen LogP contribution in [0.15, 0.2) is 24.3 Å². The fourth-order valence-electron chi connectivity index (χ4n) is 1.75. The lowest BCUT2D eigenvalue weighted by Gasteiger charge is -2.12. The SMILES string of the molecule is CCC(NC(=O)CCCOc1ccccc1[N+](=O)[O-])C(=O)O. The molecule has 22 heavy (non-hydrogen) atoms. The van der Waals surface area contributed by atoms with Crippen molar-refractivity contribution in [2.24, 2.45) is 0 Å². The third-order valence-electron chi connectivity index (χ3n) is 2.91. The van der Waals surface area contributed by atoms with E-state index in [0.29, 0.717) is 12.8 Å². The summed E-state index contributed by atoms with van der Waals surface area (Å²) in [6.45, 7) is 1.79. The number of carbonyl (C=O) groups is 2. The normalized spacial score (nSPS) is 11.5. The Hall–Kier alpha value is -2.64. The van der Waals surface area contributed by atoms with Crippen LogP contribution in [0.25, 0.3) is 0 Å². The summed E-state index contributed by atoms with van der Waals surface area (Å²) in [5.74, 6) is -1.32. The fourth-order valence-corrected chi connectivity index (χ4v) is 1.75. The number of carboxylic acid groups (broad SMARTS) is 1. The Morgan fingerprint density at radius 3 is 2.68 bits per heavy atom. The molecule has 1 aromatic rings. The van der Waals surface area contributed by atoms with Crippen LogP contribution in [-0.4, -0.2) is 34.6 Å². The number of benzene rings is 1. The number of nitrogens with zero attached hydrogens (tertiary/aromatic N) is 1. The summed E-state index contributed by atoms with van der Waals surface area (Å²) in [6.07, 6.45) is 0.714. The lowest BCUT2D eigenvalue weighted by atomic mass is 10.2. The van der Waals surface area contributed by atoms with Gasteiger partial charge in [0, 0.05) is 12.5 Å². The van der Waals surface area contributed by atoms with Crippen LogP contribution in [0.2, 0.25) is 0 Å². The second-order valence-electron chi connectivity index (χ2n) is 4.54. The first-order valence-corrected chi connectivity index (χ1v) is 6.84. The lowest BCUT2D eigenvalue weighted by Crippen LogP contribution is -2.40. The number of nitro groups is 1. The molecule has 8 nitrogen and oxygen atoms in total. The maximum Gasteiger partial charge on any atom is 0.326 e. The van der Waals surface area contributed by atoms with Gasteiger partial charge in [0.1, 0.15) is 6.04 Å². The molecule has 1 rings (SSSR count). The summed E-state index contributed by atoms with van der Waals surface area (Å²) in [5, 5.41) is 22.0. The van der Waals surface area contributed by atoms with Crippen LogP contribution >= 0.6 is 0 Å². The van der Waals surface area contributed by atoms with Gasteiger partial charge in [-0.3, -0.25) is 14.9 Å². The third-order valence-corrected chi connectivity index (χ3v) is 2.91. The van der Waals surface area contributed by atoms with Gasteiger partial charge in [-0.05, 0) is 18.9 Å². The Morgan fingerprint density at radius 2 is 2.09 bits per heavy atom. The number of amides is 1. The van der Waals surface area contributed by atoms with Crippen molar-refractivity contribution in [2.45, 2.75) is 32.2 Å². The van der Waals surface area contributed by atoms with E-state index in [-0.39, 0.29) is 30.4 Å². The highest BCUT2D eigenvalue weighted by atomic mass is 16.6. The van der Waals surface area contributed by atoms with E-state index >= 15 is 0 Å². The number of nitro benzene ring substituents is 1. The summed E-state index contributed by atoms with van der Waals surface area (Å²) < 4.78 is 5.29. The van der Waals surface area contributed by atoms with Gasteiger partial charge in [-0.1, -0.05) is 19.1 Å². The predicted octanol–water partition coefficient (Wildman–Crippen LogP) is 1.73. The molecule has 0 radical (unpaired) electrons. The van der Waals surface area contributed by atoms with Gasteiger partial charge in [0.05, 0.1) is 11.5 Å². The highest BCUT2D eigenvalue weighted by Gasteiger charge is 2.17. The molecule has 0 aliphatic rings. The van der Waals surface area contributed by atoms with Crippen molar-refractivity contribution in [3.05, 3.63) is 34.4 Å². The zero-order chi connectivity index (χ0) is 16.5. The third kappa shape index (κ3) is 5.39. The Kier molecular flexibility index (Phi) is 6.81. The standard InChI is InChI=1S/C14H18N2O6/c1-2-10(14(18)19)15-13(17)8-5-9-22-12-7-4-3-6-11(12)16(20)21/h3-4,6-7,10H,2,5,8-9H2,1H3,(H,15,17)(H,18,19). The van der Waals surface area contributed by atoms with Gasteiger partial charge >= 0.3 is 11.7 Å². The van der Waals surface area contributed by atoms with Crippen LogP contribution in [-0.2, 0) is 9.59 Å². The number of hydrogen-bond donors (Lipinski definition) is 2. The molecule has 0 bridgehead atoms. The van der Waals surface area contributed by atoms with Crippen molar-refractivity contribution >= 4 is 17.6 Å². The Bertz CT molecular complexity index is 546. The van der Waals surface area contributed by atoms with Crippen molar-refractivity contribution in [1.82, 2.24) is 5.32 Å². The maximum absolute atomic E-state index is 11.6. The summed E-state index contributed by atoms with van der Waals surface area (Å²) in [5.41, 5.74) is -0.135. The molecule has 0 saturated carbocycles. The highest BCUT2D eigenvalue weighted by molar-refractivity contribution is 5.83. The zero-order valence-corrected chi connectivity index (χ0v) is 12.2. The number of para-hydroxylation sites is 2. The first kappa shape index (κ1) is 17.4. The number of aliphatic carboxylic acids is 1. The Balaban J connectivity index is 2.38. The molecular weight excluding hydrogens is 292 g/mol. The van der Waals surface area contributed by atoms with Crippen molar-refractivity contribution in [1.29, 1.82) is 0 Å². The van der Waals surface area contributed by atoms with Crippen LogP contribution in [0.3, 0.4) is 0 Å². The van der Waals surface area contributed by atoms with E-state index in [1.54, 1.807) is 13.0 Å². The molecule has 0 fully saturated rings. The van der Waals surface area contributed by atoms with Crippen LogP contribution in [0.1, 0.15) is 26.2 Å². The summed E-state index contributed by atoms with van der Waals surface area (Å²) >= 11 is 0. The Morgan fingerprint density at radius 1 is 1.41 bits per heavy atom. The molecular formula is C14H18N2O6. The minimum atomic E-state index is -1.08. The van der Waals surface area contributed by atoms with Crippen LogP contribution < -0.4 is 10.1 Å². The van der Waals surface area contributed by atoms with E-state index < -0.39 is 16.9 Å². The number of carboxylic acids is 1. The molecule has 0 spiro atoms. The second kappa shape index (κ2) is 8.60. The first-order valence-electron chi connectivity index (χ1n) is 6.84. The molecule has 0 heterocycles. The van der Waals surface area contributed by atoms with E-state index in [2.05, 4.69) is 5.32 Å². The fraction of sp³-hybridized carbons (Fsp3) is 0.429. The molecule has 1 unspecified atom stereocenters. The predicted molar refractivity (Wildman–Crippen MR) is 77.7 cm³/mol. The number of nitrogens with one attached hydrogen (secondary N) is 1. The molecule has 1 amide bonds. The molecule has 120 valence electrons. The number of hydrogen-bond acceptors (Lipinski definition) is 5. The van der Waals surface area contributed by atoms with Gasteiger partial charge in [0.25, 0.3) is 0 Å². The zero-order valence-electron chi connectivity index (χ0n) is 12.2. The number of carbonyl (C=O) groups excluding carboxylic acids is 1. The van der Waals surface area contributed by atoms with Gasteiger partial charge < -0.3 is 15.2 Å². The van der Waals surface area contributed by atoms with Crippen LogP contribution in [0.5, 0.6) is 5.75 Å². The van der Waals surface area contributed by atoms with Crippen molar-refractivity contribution in [3.8, 4) is 5.75 Å². The molecule has 1 aromatic carbocycles. The highest BCUT2D eigenvalue weighted by Crippen LogP contribution is 2.25. The van der Waals surface area contributed by atoms with Crippen LogP contribution in [0, 0.1) is 10.1 Å². The van der Waals surface area contributed by atoms with Gasteiger partial charge in [-0.2, -0.15) is 0 Å². The monoisotopic (exact) mass is 310 g/mol. The second-order valence-corrected chi connectivity index (χ2v) is 4.54. The minimum Gasteiger partial charge on any atom is -0.487 e. The Labute approximate surface area is 127 Å². The van der Waals surface area contributed by atoms with E-state index in [1.165, 1.54) is 18.2 Å². The number of rotatable bonds is 9. The minimum absolute atomic E-state index is 0.0877. The van der Waals surface area contributed by atoms with Crippen molar-refractivity contribution < 1.29 is 24.4 Å². The first-order chi connectivity index (χ1) is 10.5. The number of ether oxygens (including phenoxy) is 1. The molecule has 0 aliphatic carbocycles. The summed E-state index contributed by atoms with van der Waals surface area (Å²) in [4.78, 5) is 32.6. The molecule has 0 saturated heterocycles. The largest absolute Gasteiger partial charge is 0.487 e. The molecule has 2 N–H and O–H groups in total. The average Bonchev–Trinajstić information content (AvgIpc) is 2.49. The van der Waals surface area contributed by atoms with E-state index in [4.69, 9.17) is 9.84 Å². The molecule has 8 heteroatoms.